The van der Waals surface area contributed by atoms with E-state index in [2.05, 4.69) is 4.84 Å². The lowest BCUT2D eigenvalue weighted by Gasteiger charge is -2.15. The minimum Gasteiger partial charge on any atom is -0.449 e. The predicted octanol–water partition coefficient (Wildman–Crippen LogP) is -0.391. The second-order valence-corrected chi connectivity index (χ2v) is 6.46. The second kappa shape index (κ2) is 7.86. The minimum absolute atomic E-state index is 0.0979. The molecule has 0 aliphatic rings. The van der Waals surface area contributed by atoms with Crippen molar-refractivity contribution in [2.45, 2.75) is 17.9 Å². The average molecular weight is 359 g/mol. The lowest BCUT2D eigenvalue weighted by molar-refractivity contribution is -0.127. The summed E-state index contributed by atoms with van der Waals surface area (Å²) < 4.78 is 29.7. The van der Waals surface area contributed by atoms with E-state index >= 15 is 0 Å². The molecule has 0 aliphatic heterocycles. The number of imide groups is 1. The first kappa shape index (κ1) is 19.5. The van der Waals surface area contributed by atoms with Gasteiger partial charge in [-0.3, -0.25) is 14.9 Å². The number of rotatable bonds is 6. The number of hydrogen-bond acceptors (Lipinski definition) is 7. The Bertz CT molecular complexity index is 748. The Morgan fingerprint density at radius 3 is 2.46 bits per heavy atom. The Morgan fingerprint density at radius 1 is 1.29 bits per heavy atom. The molecule has 1 aromatic carbocycles. The smallest absolute Gasteiger partial charge is 0.338 e. The largest absolute Gasteiger partial charge is 0.449 e. The van der Waals surface area contributed by atoms with Crippen molar-refractivity contribution in [2.24, 2.45) is 5.73 Å². The van der Waals surface area contributed by atoms with Gasteiger partial charge in [0.05, 0.1) is 17.6 Å². The highest BCUT2D eigenvalue weighted by atomic mass is 32.2. The lowest BCUT2D eigenvalue weighted by Crippen LogP contribution is -2.42. The highest BCUT2D eigenvalue weighted by Gasteiger charge is 2.24. The summed E-state index contributed by atoms with van der Waals surface area (Å²) in [7, 11) is -1.58. The predicted molar refractivity (Wildman–Crippen MR) is 81.0 cm³/mol. The van der Waals surface area contributed by atoms with Crippen LogP contribution in [0.25, 0.3) is 0 Å². The van der Waals surface area contributed by atoms with Gasteiger partial charge in [0.15, 0.2) is 6.10 Å². The van der Waals surface area contributed by atoms with Crippen LogP contribution in [0.2, 0.25) is 0 Å². The lowest BCUT2D eigenvalue weighted by atomic mass is 10.2. The van der Waals surface area contributed by atoms with Gasteiger partial charge in [-0.1, -0.05) is 10.5 Å². The van der Waals surface area contributed by atoms with Gasteiger partial charge >= 0.3 is 12.0 Å². The Hall–Kier alpha value is -2.50. The Kier molecular flexibility index (Phi) is 6.40. The summed E-state index contributed by atoms with van der Waals surface area (Å²) in [5.41, 5.74) is 4.69. The van der Waals surface area contributed by atoms with Gasteiger partial charge in [-0.2, -0.15) is 0 Å². The second-order valence-electron chi connectivity index (χ2n) is 4.53. The molecule has 0 aromatic heterocycles. The number of urea groups is 1. The molecule has 0 radical (unpaired) electrons. The zero-order chi connectivity index (χ0) is 18.5. The highest BCUT2D eigenvalue weighted by Crippen LogP contribution is 2.17. The molecule has 0 aliphatic carbocycles. The fraction of sp³-hybridized carbons (Fsp3) is 0.308. The van der Waals surface area contributed by atoms with Gasteiger partial charge in [-0.25, -0.2) is 18.0 Å². The number of amides is 3. The monoisotopic (exact) mass is 359 g/mol. The summed E-state index contributed by atoms with van der Waals surface area (Å²) >= 11 is 0. The first-order valence-electron chi connectivity index (χ1n) is 6.54. The molecule has 132 valence electrons. The summed E-state index contributed by atoms with van der Waals surface area (Å²) in [6.45, 7) is 1.23. The van der Waals surface area contributed by atoms with Crippen LogP contribution in [-0.2, 0) is 24.4 Å². The summed E-state index contributed by atoms with van der Waals surface area (Å²) in [6, 6.07) is 3.91. The van der Waals surface area contributed by atoms with E-state index in [4.69, 9.17) is 10.5 Å². The molecule has 1 atom stereocenters. The number of carbonyl (C=O) groups excluding carboxylic acids is 3. The molecule has 0 saturated heterocycles. The third kappa shape index (κ3) is 4.75. The number of esters is 1. The van der Waals surface area contributed by atoms with E-state index in [1.807, 2.05) is 0 Å². The Morgan fingerprint density at radius 2 is 1.92 bits per heavy atom. The number of ether oxygens (including phenoxy) is 1. The van der Waals surface area contributed by atoms with Crippen molar-refractivity contribution in [3.63, 3.8) is 0 Å². The standard InChI is InChI=1S/C13H17N3O7S/c1-8(11(17)15-13(14)19)23-12(18)9-5-4-6-10(7-9)24(20,21)16(2)22-3/h4-8H,1-3H3,(H3,14,15,17,19). The molecule has 24 heavy (non-hydrogen) atoms. The Labute approximate surface area is 138 Å². The van der Waals surface area contributed by atoms with Gasteiger partial charge in [0, 0.05) is 7.05 Å². The summed E-state index contributed by atoms with van der Waals surface area (Å²) in [5, 5.41) is 1.76. The van der Waals surface area contributed by atoms with Crippen LogP contribution in [0.1, 0.15) is 17.3 Å². The zero-order valence-corrected chi connectivity index (χ0v) is 14.0. The number of carbonyl (C=O) groups is 3. The van der Waals surface area contributed by atoms with Crippen molar-refractivity contribution in [3.8, 4) is 0 Å². The van der Waals surface area contributed by atoms with Crippen molar-refractivity contribution in [1.29, 1.82) is 0 Å². The number of nitrogens with two attached hydrogens (primary N) is 1. The van der Waals surface area contributed by atoms with Crippen LogP contribution in [0.3, 0.4) is 0 Å². The van der Waals surface area contributed by atoms with E-state index in [0.717, 1.165) is 6.07 Å². The maximum Gasteiger partial charge on any atom is 0.338 e. The van der Waals surface area contributed by atoms with Crippen molar-refractivity contribution in [3.05, 3.63) is 29.8 Å². The van der Waals surface area contributed by atoms with E-state index < -0.39 is 34.0 Å². The van der Waals surface area contributed by atoms with Crippen LogP contribution in [0, 0.1) is 0 Å². The van der Waals surface area contributed by atoms with Crippen LogP contribution in [-0.4, -0.2) is 51.1 Å². The number of sulfonamides is 1. The van der Waals surface area contributed by atoms with Crippen LogP contribution < -0.4 is 11.1 Å². The molecule has 1 rings (SSSR count). The van der Waals surface area contributed by atoms with Crippen molar-refractivity contribution in [1.82, 2.24) is 9.79 Å². The van der Waals surface area contributed by atoms with Crippen LogP contribution in [0.15, 0.2) is 29.2 Å². The third-order valence-electron chi connectivity index (χ3n) is 2.86. The molecule has 3 amide bonds. The fourth-order valence-electron chi connectivity index (χ4n) is 1.54. The van der Waals surface area contributed by atoms with E-state index in [1.165, 1.54) is 39.3 Å². The van der Waals surface area contributed by atoms with Gasteiger partial charge in [-0.15, -0.1) is 0 Å². The molecule has 0 bridgehead atoms. The van der Waals surface area contributed by atoms with Crippen LogP contribution in [0.4, 0.5) is 4.79 Å². The topological polar surface area (TPSA) is 145 Å². The molecule has 1 unspecified atom stereocenters. The van der Waals surface area contributed by atoms with Gasteiger partial charge in [0.25, 0.3) is 15.9 Å². The van der Waals surface area contributed by atoms with Gasteiger partial charge in [-0.05, 0) is 25.1 Å². The van der Waals surface area contributed by atoms with Crippen LogP contribution >= 0.6 is 0 Å². The highest BCUT2D eigenvalue weighted by molar-refractivity contribution is 7.89. The molecule has 3 N–H and O–H groups in total. The molecule has 11 heteroatoms. The van der Waals surface area contributed by atoms with E-state index in [9.17, 15) is 22.8 Å². The first-order valence-corrected chi connectivity index (χ1v) is 7.98. The number of nitrogens with zero attached hydrogens (tertiary/aromatic N) is 1. The SMILES string of the molecule is CON(C)S(=O)(=O)c1cccc(C(=O)OC(C)C(=O)NC(N)=O)c1. The molecule has 10 nitrogen and oxygen atoms in total. The first-order chi connectivity index (χ1) is 11.1. The Balaban J connectivity index is 2.96. The van der Waals surface area contributed by atoms with Crippen molar-refractivity contribution < 1.29 is 32.4 Å². The molecule has 0 saturated carbocycles. The molecule has 0 fully saturated rings. The van der Waals surface area contributed by atoms with Gasteiger partial charge in [0.1, 0.15) is 0 Å². The average Bonchev–Trinajstić information content (AvgIpc) is 2.53. The number of hydrogen-bond donors (Lipinski definition) is 2. The number of hydroxylamine groups is 1. The molecular weight excluding hydrogens is 342 g/mol. The van der Waals surface area contributed by atoms with Crippen molar-refractivity contribution in [2.75, 3.05) is 14.2 Å². The number of benzene rings is 1. The molecule has 0 spiro atoms. The van der Waals surface area contributed by atoms with Crippen LogP contribution in [0.5, 0.6) is 0 Å². The fourth-order valence-corrected chi connectivity index (χ4v) is 2.55. The van der Waals surface area contributed by atoms with E-state index in [0.29, 0.717) is 4.47 Å². The minimum atomic E-state index is -3.94. The zero-order valence-electron chi connectivity index (χ0n) is 13.2. The molecular formula is C13H17N3O7S. The van der Waals surface area contributed by atoms with E-state index in [1.54, 1.807) is 5.32 Å². The number of primary amides is 1. The number of nitrogens with one attached hydrogen (secondary N) is 1. The third-order valence-corrected chi connectivity index (χ3v) is 4.54. The molecule has 1 aromatic rings. The maximum atomic E-state index is 12.1. The summed E-state index contributed by atoms with van der Waals surface area (Å²) in [6.07, 6.45) is -1.30. The van der Waals surface area contributed by atoms with Gasteiger partial charge in [0.2, 0.25) is 0 Å². The quantitative estimate of drug-likeness (QED) is 0.519. The normalized spacial score (nSPS) is 12.5. The summed E-state index contributed by atoms with van der Waals surface area (Å²) in [5.74, 6) is -1.85. The van der Waals surface area contributed by atoms with Gasteiger partial charge < -0.3 is 10.5 Å². The maximum absolute atomic E-state index is 12.1. The summed E-state index contributed by atoms with van der Waals surface area (Å²) in [4.78, 5) is 38.5. The van der Waals surface area contributed by atoms with E-state index in [-0.39, 0.29) is 10.5 Å². The van der Waals surface area contributed by atoms with Crippen molar-refractivity contribution >= 4 is 27.9 Å². The molecule has 0 heterocycles.